The lowest BCUT2D eigenvalue weighted by atomic mass is 10.6. The Kier molecular flexibility index (Phi) is 2.90. The molecule has 0 radical (unpaired) electrons. The number of sulfonamides is 1. The van der Waals surface area contributed by atoms with E-state index in [0.717, 1.165) is 13.8 Å². The number of hydrogen-bond acceptors (Lipinski definition) is 2. The van der Waals surface area contributed by atoms with Crippen LogP contribution in [-0.4, -0.2) is 20.0 Å². The summed E-state index contributed by atoms with van der Waals surface area (Å²) in [6.45, 7) is 2.32. The lowest BCUT2D eigenvalue weighted by Crippen LogP contribution is -2.41. The van der Waals surface area contributed by atoms with E-state index >= 15 is 0 Å². The summed E-state index contributed by atoms with van der Waals surface area (Å²) in [7, 11) is -4.23. The highest BCUT2D eigenvalue weighted by atomic mass is 32.2. The van der Waals surface area contributed by atoms with Crippen molar-refractivity contribution >= 4 is 10.0 Å². The molecule has 0 aromatic heterocycles. The smallest absolute Gasteiger partial charge is 0.212 e. The highest BCUT2D eigenvalue weighted by Crippen LogP contribution is 2.13. The maximum atomic E-state index is 11.4. The van der Waals surface area contributed by atoms with Gasteiger partial charge in [0.05, 0.1) is 5.25 Å². The zero-order valence-corrected chi connectivity index (χ0v) is 6.75. The van der Waals surface area contributed by atoms with Gasteiger partial charge in [-0.25, -0.2) is 8.42 Å². The summed E-state index contributed by atoms with van der Waals surface area (Å²) in [6.07, 6.45) is -4.87. The molecule has 0 saturated carbocycles. The molecule has 0 aliphatic rings. The number of halogens is 3. The van der Waals surface area contributed by atoms with Crippen LogP contribution in [0.15, 0.2) is 0 Å². The van der Waals surface area contributed by atoms with Crippen molar-refractivity contribution in [3.05, 3.63) is 0 Å². The van der Waals surface area contributed by atoms with E-state index in [1.54, 1.807) is 0 Å². The summed E-state index contributed by atoms with van der Waals surface area (Å²) in [5, 5.41) is -1.08. The zero-order chi connectivity index (χ0) is 9.28. The summed E-state index contributed by atoms with van der Waals surface area (Å²) in [5.41, 5.74) is 0. The first-order valence-corrected chi connectivity index (χ1v) is 4.29. The van der Waals surface area contributed by atoms with E-state index in [2.05, 4.69) is 0 Å². The maximum absolute atomic E-state index is 11.4. The molecular weight excluding hydrogens is 183 g/mol. The molecule has 0 bridgehead atoms. The van der Waals surface area contributed by atoms with Crippen LogP contribution < -0.4 is 4.72 Å². The number of nitrogens with one attached hydrogen (secondary N) is 1. The second-order valence-electron chi connectivity index (χ2n) is 2.19. The zero-order valence-electron chi connectivity index (χ0n) is 5.94. The molecule has 0 unspecified atom stereocenters. The van der Waals surface area contributed by atoms with E-state index in [1.807, 2.05) is 0 Å². The second kappa shape index (κ2) is 2.98. The quantitative estimate of drug-likeness (QED) is 0.657. The average Bonchev–Trinajstić information content (AvgIpc) is 1.56. The van der Waals surface area contributed by atoms with Crippen LogP contribution >= 0.6 is 0 Å². The minimum Gasteiger partial charge on any atom is -0.212 e. The SMILES string of the molecule is CC(C)S(=O)(=O)NC(F)(F)F. The monoisotopic (exact) mass is 191 g/mol. The third-order valence-electron chi connectivity index (χ3n) is 0.879. The van der Waals surface area contributed by atoms with Crippen molar-refractivity contribution < 1.29 is 21.6 Å². The molecule has 0 spiro atoms. The highest BCUT2D eigenvalue weighted by Gasteiger charge is 2.35. The number of rotatable bonds is 2. The molecule has 0 fully saturated rings. The fourth-order valence-corrected chi connectivity index (χ4v) is 0.837. The normalized spacial score (nSPS) is 14.0. The summed E-state index contributed by atoms with van der Waals surface area (Å²) < 4.78 is 55.9. The molecule has 0 aliphatic heterocycles. The third-order valence-corrected chi connectivity index (χ3v) is 2.64. The van der Waals surface area contributed by atoms with Crippen LogP contribution in [0.2, 0.25) is 0 Å². The van der Waals surface area contributed by atoms with Gasteiger partial charge in [-0.1, -0.05) is 0 Å². The largest absolute Gasteiger partial charge is 0.470 e. The molecule has 0 rings (SSSR count). The van der Waals surface area contributed by atoms with Gasteiger partial charge in [-0.15, -0.1) is 4.72 Å². The van der Waals surface area contributed by atoms with Gasteiger partial charge in [0, 0.05) is 0 Å². The Morgan fingerprint density at radius 2 is 1.64 bits per heavy atom. The van der Waals surface area contributed by atoms with Crippen LogP contribution in [0.1, 0.15) is 13.8 Å². The summed E-state index contributed by atoms with van der Waals surface area (Å²) in [4.78, 5) is 0. The first kappa shape index (κ1) is 10.7. The predicted octanol–water partition coefficient (Wildman–Crippen LogP) is 0.834. The molecule has 0 aromatic rings. The van der Waals surface area contributed by atoms with E-state index < -0.39 is 21.6 Å². The Balaban J connectivity index is 4.40. The summed E-state index contributed by atoms with van der Waals surface area (Å²) >= 11 is 0. The lowest BCUT2D eigenvalue weighted by molar-refractivity contribution is -0.138. The molecule has 0 aromatic carbocycles. The summed E-state index contributed by atoms with van der Waals surface area (Å²) in [5.74, 6) is 0. The minimum absolute atomic E-state index is 0.567. The van der Waals surface area contributed by atoms with Gasteiger partial charge in [-0.05, 0) is 13.8 Å². The van der Waals surface area contributed by atoms with Gasteiger partial charge in [0.1, 0.15) is 0 Å². The Hall–Kier alpha value is -0.300. The van der Waals surface area contributed by atoms with Gasteiger partial charge in [0.15, 0.2) is 0 Å². The third kappa shape index (κ3) is 4.20. The van der Waals surface area contributed by atoms with Gasteiger partial charge in [-0.3, -0.25) is 0 Å². The molecular formula is C4H8F3NO2S. The highest BCUT2D eigenvalue weighted by molar-refractivity contribution is 7.90. The standard InChI is InChI=1S/C4H8F3NO2S/c1-3(2)11(9,10)8-4(5,6)7/h3,8H,1-2H3. The van der Waals surface area contributed by atoms with E-state index in [0.29, 0.717) is 4.72 Å². The van der Waals surface area contributed by atoms with Crippen LogP contribution in [0.3, 0.4) is 0 Å². The fourth-order valence-electron chi connectivity index (χ4n) is 0.279. The van der Waals surface area contributed by atoms with E-state index in [9.17, 15) is 21.6 Å². The molecule has 0 atom stereocenters. The minimum atomic E-state index is -4.87. The van der Waals surface area contributed by atoms with Crippen molar-refractivity contribution in [3.63, 3.8) is 0 Å². The molecule has 0 aliphatic carbocycles. The van der Waals surface area contributed by atoms with Crippen molar-refractivity contribution in [2.45, 2.75) is 25.4 Å². The molecule has 7 heteroatoms. The first-order valence-electron chi connectivity index (χ1n) is 2.74. The Morgan fingerprint density at radius 3 is 1.73 bits per heavy atom. The Morgan fingerprint density at radius 1 is 1.27 bits per heavy atom. The van der Waals surface area contributed by atoms with Crippen molar-refractivity contribution in [3.8, 4) is 0 Å². The topological polar surface area (TPSA) is 46.2 Å². The molecule has 1 N–H and O–H groups in total. The lowest BCUT2D eigenvalue weighted by Gasteiger charge is -2.11. The number of hydrogen-bond donors (Lipinski definition) is 1. The summed E-state index contributed by atoms with van der Waals surface area (Å²) in [6, 6.07) is 0. The molecule has 0 saturated heterocycles. The van der Waals surface area contributed by atoms with Crippen molar-refractivity contribution in [2.75, 3.05) is 0 Å². The van der Waals surface area contributed by atoms with Crippen molar-refractivity contribution in [1.82, 2.24) is 4.72 Å². The van der Waals surface area contributed by atoms with Crippen LogP contribution in [0, 0.1) is 0 Å². The molecule has 3 nitrogen and oxygen atoms in total. The van der Waals surface area contributed by atoms with Crippen molar-refractivity contribution in [2.24, 2.45) is 0 Å². The average molecular weight is 191 g/mol. The molecule has 0 amide bonds. The molecule has 11 heavy (non-hydrogen) atoms. The second-order valence-corrected chi connectivity index (χ2v) is 4.43. The Labute approximate surface area is 62.6 Å². The first-order chi connectivity index (χ1) is 4.65. The number of alkyl halides is 3. The fraction of sp³-hybridized carbons (Fsp3) is 1.00. The van der Waals surface area contributed by atoms with E-state index in [-0.39, 0.29) is 0 Å². The van der Waals surface area contributed by atoms with E-state index in [4.69, 9.17) is 0 Å². The molecule has 0 heterocycles. The van der Waals surface area contributed by atoms with Crippen LogP contribution in [0.5, 0.6) is 0 Å². The van der Waals surface area contributed by atoms with Crippen LogP contribution in [-0.2, 0) is 10.0 Å². The van der Waals surface area contributed by atoms with Gasteiger partial charge >= 0.3 is 6.30 Å². The van der Waals surface area contributed by atoms with Crippen molar-refractivity contribution in [1.29, 1.82) is 0 Å². The Bertz CT molecular complexity index is 218. The van der Waals surface area contributed by atoms with Gasteiger partial charge in [-0.2, -0.15) is 13.2 Å². The van der Waals surface area contributed by atoms with Crippen LogP contribution in [0.4, 0.5) is 13.2 Å². The van der Waals surface area contributed by atoms with Gasteiger partial charge in [0.2, 0.25) is 10.0 Å². The van der Waals surface area contributed by atoms with Gasteiger partial charge < -0.3 is 0 Å². The predicted molar refractivity (Wildman–Crippen MR) is 33.2 cm³/mol. The maximum Gasteiger partial charge on any atom is 0.470 e. The van der Waals surface area contributed by atoms with E-state index in [1.165, 1.54) is 0 Å². The molecule has 68 valence electrons. The van der Waals surface area contributed by atoms with Gasteiger partial charge in [0.25, 0.3) is 0 Å². The van der Waals surface area contributed by atoms with Crippen LogP contribution in [0.25, 0.3) is 0 Å².